The monoisotopic (exact) mass is 442 g/mol. The molecule has 5 nitrogen and oxygen atoms in total. The summed E-state index contributed by atoms with van der Waals surface area (Å²) in [5.41, 5.74) is 1.71. The number of likely N-dealkylation sites (tertiary alicyclic amines) is 1. The fourth-order valence-electron chi connectivity index (χ4n) is 4.01. The molecule has 1 atom stereocenters. The van der Waals surface area contributed by atoms with E-state index in [-0.39, 0.29) is 5.91 Å². The fraction of sp³-hybridized carbons (Fsp3) is 0.400. The number of nitrogens with one attached hydrogen (secondary N) is 1. The second-order valence-electron chi connectivity index (χ2n) is 7.84. The maximum atomic E-state index is 12.5. The highest BCUT2D eigenvalue weighted by Crippen LogP contribution is 2.28. The summed E-state index contributed by atoms with van der Waals surface area (Å²) in [6.07, 6.45) is 8.01. The molecule has 31 heavy (non-hydrogen) atoms. The molecule has 1 N–H and O–H groups in total. The third-order valence-corrected chi connectivity index (χ3v) is 5.85. The lowest BCUT2D eigenvalue weighted by atomic mass is 9.93. The smallest absolute Gasteiger partial charge is 0.224 e. The van der Waals surface area contributed by atoms with Crippen LogP contribution in [0.15, 0.2) is 48.5 Å². The molecule has 3 rings (SSSR count). The largest absolute Gasteiger partial charge is 0.496 e. The Labute approximate surface area is 190 Å². The van der Waals surface area contributed by atoms with Crippen LogP contribution in [0.1, 0.15) is 31.2 Å². The normalized spacial score (nSPS) is 16.9. The number of halogens is 1. The highest BCUT2D eigenvalue weighted by Gasteiger charge is 2.20. The van der Waals surface area contributed by atoms with Crippen LogP contribution in [0.5, 0.6) is 11.5 Å². The van der Waals surface area contributed by atoms with Crippen LogP contribution in [0.2, 0.25) is 5.02 Å². The van der Waals surface area contributed by atoms with Gasteiger partial charge in [-0.05, 0) is 56.0 Å². The number of para-hydroxylation sites is 1. The number of nitrogens with zero attached hydrogens (tertiary/aromatic N) is 1. The van der Waals surface area contributed by atoms with Crippen LogP contribution in [0.3, 0.4) is 0 Å². The summed E-state index contributed by atoms with van der Waals surface area (Å²) in [6.45, 7) is 3.02. The molecule has 0 spiro atoms. The zero-order valence-electron chi connectivity index (χ0n) is 18.3. The minimum Gasteiger partial charge on any atom is -0.496 e. The van der Waals surface area contributed by atoms with E-state index >= 15 is 0 Å². The average molecular weight is 443 g/mol. The molecule has 1 fully saturated rings. The van der Waals surface area contributed by atoms with E-state index in [4.69, 9.17) is 21.1 Å². The van der Waals surface area contributed by atoms with Gasteiger partial charge in [0.15, 0.2) is 0 Å². The lowest BCUT2D eigenvalue weighted by molar-refractivity contribution is -0.116. The van der Waals surface area contributed by atoms with E-state index < -0.39 is 0 Å². The van der Waals surface area contributed by atoms with Crippen molar-refractivity contribution in [1.29, 1.82) is 0 Å². The standard InChI is InChI=1S/C25H31ClN2O3/c1-30-23-10-4-3-8-20(23)9-6-16-28-15-5-7-19(18-28)11-14-25(29)27-22-17-21(26)12-13-24(22)31-2/h3-4,6,8-10,12-13,17,19H,5,7,11,14-16,18H2,1-2H3,(H,27,29). The Morgan fingerprint density at radius 3 is 2.81 bits per heavy atom. The molecular formula is C25H31ClN2O3. The number of hydrogen-bond donors (Lipinski definition) is 1. The predicted molar refractivity (Wildman–Crippen MR) is 127 cm³/mol. The van der Waals surface area contributed by atoms with Crippen molar-refractivity contribution < 1.29 is 14.3 Å². The summed E-state index contributed by atoms with van der Waals surface area (Å²) >= 11 is 6.04. The van der Waals surface area contributed by atoms with Gasteiger partial charge in [0, 0.05) is 30.1 Å². The summed E-state index contributed by atoms with van der Waals surface area (Å²) in [6, 6.07) is 13.2. The van der Waals surface area contributed by atoms with Crippen LogP contribution < -0.4 is 14.8 Å². The molecule has 1 amide bonds. The van der Waals surface area contributed by atoms with Crippen molar-refractivity contribution in [1.82, 2.24) is 4.90 Å². The summed E-state index contributed by atoms with van der Waals surface area (Å²) in [5.74, 6) is 2.02. The summed E-state index contributed by atoms with van der Waals surface area (Å²) < 4.78 is 10.7. The number of methoxy groups -OCH3 is 2. The SMILES string of the molecule is COc1ccccc1C=CCN1CCCC(CCC(=O)Nc2cc(Cl)ccc2OC)C1. The zero-order chi connectivity index (χ0) is 22.1. The molecular weight excluding hydrogens is 412 g/mol. The Kier molecular flexibility index (Phi) is 8.80. The number of piperidine rings is 1. The van der Waals surface area contributed by atoms with Gasteiger partial charge in [0.25, 0.3) is 0 Å². The molecule has 0 aromatic heterocycles. The van der Waals surface area contributed by atoms with Crippen molar-refractivity contribution in [2.24, 2.45) is 5.92 Å². The highest BCUT2D eigenvalue weighted by molar-refractivity contribution is 6.31. The second kappa shape index (κ2) is 11.8. The number of hydrogen-bond acceptors (Lipinski definition) is 4. The Balaban J connectivity index is 1.46. The van der Waals surface area contributed by atoms with Crippen molar-refractivity contribution in [3.63, 3.8) is 0 Å². The van der Waals surface area contributed by atoms with Gasteiger partial charge in [-0.25, -0.2) is 0 Å². The maximum absolute atomic E-state index is 12.5. The fourth-order valence-corrected chi connectivity index (χ4v) is 4.18. The van der Waals surface area contributed by atoms with Crippen molar-refractivity contribution in [3.8, 4) is 11.5 Å². The van der Waals surface area contributed by atoms with Gasteiger partial charge in [-0.3, -0.25) is 9.69 Å². The number of carbonyl (C=O) groups excluding carboxylic acids is 1. The Morgan fingerprint density at radius 1 is 1.19 bits per heavy atom. The molecule has 166 valence electrons. The van der Waals surface area contributed by atoms with Gasteiger partial charge >= 0.3 is 0 Å². The molecule has 0 aliphatic carbocycles. The Bertz CT molecular complexity index is 900. The van der Waals surface area contributed by atoms with Crippen LogP contribution >= 0.6 is 11.6 Å². The Hall–Kier alpha value is -2.50. The van der Waals surface area contributed by atoms with Crippen LogP contribution in [-0.2, 0) is 4.79 Å². The first-order valence-electron chi connectivity index (χ1n) is 10.7. The van der Waals surface area contributed by atoms with E-state index in [9.17, 15) is 4.79 Å². The third-order valence-electron chi connectivity index (χ3n) is 5.62. The molecule has 2 aromatic rings. The number of amides is 1. The molecule has 0 saturated carbocycles. The van der Waals surface area contributed by atoms with Gasteiger partial charge in [0.2, 0.25) is 5.91 Å². The van der Waals surface area contributed by atoms with E-state index in [1.807, 2.05) is 18.2 Å². The summed E-state index contributed by atoms with van der Waals surface area (Å²) in [4.78, 5) is 14.9. The van der Waals surface area contributed by atoms with Gasteiger partial charge in [0.05, 0.1) is 19.9 Å². The summed E-state index contributed by atoms with van der Waals surface area (Å²) in [7, 11) is 3.28. The van der Waals surface area contributed by atoms with Crippen molar-refractivity contribution in [3.05, 3.63) is 59.1 Å². The number of carbonyl (C=O) groups is 1. The minimum atomic E-state index is -0.00578. The van der Waals surface area contributed by atoms with E-state index in [0.29, 0.717) is 28.8 Å². The molecule has 0 radical (unpaired) electrons. The first-order valence-corrected chi connectivity index (χ1v) is 11.1. The van der Waals surface area contributed by atoms with Gasteiger partial charge in [-0.1, -0.05) is 42.0 Å². The molecule has 2 aromatic carbocycles. The van der Waals surface area contributed by atoms with E-state index in [2.05, 4.69) is 28.4 Å². The molecule has 1 unspecified atom stereocenters. The van der Waals surface area contributed by atoms with Crippen molar-refractivity contribution in [2.45, 2.75) is 25.7 Å². The van der Waals surface area contributed by atoms with Gasteiger partial charge in [-0.15, -0.1) is 0 Å². The molecule has 0 bridgehead atoms. The maximum Gasteiger partial charge on any atom is 0.224 e. The first-order chi connectivity index (χ1) is 15.1. The quantitative estimate of drug-likeness (QED) is 0.557. The number of benzene rings is 2. The topological polar surface area (TPSA) is 50.8 Å². The van der Waals surface area contributed by atoms with E-state index in [1.54, 1.807) is 32.4 Å². The lowest BCUT2D eigenvalue weighted by Gasteiger charge is -2.32. The van der Waals surface area contributed by atoms with Crippen LogP contribution in [-0.4, -0.2) is 44.7 Å². The number of rotatable bonds is 9. The van der Waals surface area contributed by atoms with Crippen LogP contribution in [0.25, 0.3) is 6.08 Å². The lowest BCUT2D eigenvalue weighted by Crippen LogP contribution is -2.35. The molecule has 6 heteroatoms. The zero-order valence-corrected chi connectivity index (χ0v) is 19.0. The molecule has 1 heterocycles. The van der Waals surface area contributed by atoms with Gasteiger partial charge in [-0.2, -0.15) is 0 Å². The van der Waals surface area contributed by atoms with Gasteiger partial charge < -0.3 is 14.8 Å². The van der Waals surface area contributed by atoms with Crippen molar-refractivity contribution >= 4 is 29.3 Å². The second-order valence-corrected chi connectivity index (χ2v) is 8.28. The number of anilines is 1. The molecule has 1 aliphatic heterocycles. The van der Waals surface area contributed by atoms with Crippen LogP contribution in [0.4, 0.5) is 5.69 Å². The van der Waals surface area contributed by atoms with Crippen LogP contribution in [0, 0.1) is 5.92 Å². The Morgan fingerprint density at radius 2 is 2.00 bits per heavy atom. The number of ether oxygens (including phenoxy) is 2. The third kappa shape index (κ3) is 7.01. The average Bonchev–Trinajstić information content (AvgIpc) is 2.78. The highest BCUT2D eigenvalue weighted by atomic mass is 35.5. The molecule has 1 aliphatic rings. The minimum absolute atomic E-state index is 0.00578. The van der Waals surface area contributed by atoms with Gasteiger partial charge in [0.1, 0.15) is 11.5 Å². The predicted octanol–water partition coefficient (Wildman–Crippen LogP) is 5.50. The van der Waals surface area contributed by atoms with Crippen molar-refractivity contribution in [2.75, 3.05) is 39.2 Å². The first kappa shape index (κ1) is 23.2. The summed E-state index contributed by atoms with van der Waals surface area (Å²) in [5, 5.41) is 3.50. The van der Waals surface area contributed by atoms with E-state index in [0.717, 1.165) is 43.8 Å². The molecule has 1 saturated heterocycles. The van der Waals surface area contributed by atoms with E-state index in [1.165, 1.54) is 6.42 Å².